The summed E-state index contributed by atoms with van der Waals surface area (Å²) in [5, 5.41) is 12.4. The van der Waals surface area contributed by atoms with Crippen molar-refractivity contribution in [3.05, 3.63) is 82.9 Å². The Balaban J connectivity index is 1.25. The lowest BCUT2D eigenvalue weighted by atomic mass is 10.00. The van der Waals surface area contributed by atoms with E-state index in [2.05, 4.69) is 85.1 Å². The third kappa shape index (κ3) is 5.52. The molecule has 4 heteroatoms. The van der Waals surface area contributed by atoms with E-state index in [0.29, 0.717) is 0 Å². The Bertz CT molecular complexity index is 1170. The number of aryl methyl sites for hydroxylation is 2. The van der Waals surface area contributed by atoms with Gasteiger partial charge in [0.15, 0.2) is 0 Å². The molecule has 0 aliphatic rings. The number of hydrogen-bond acceptors (Lipinski definition) is 4. The minimum Gasteiger partial charge on any atom is -0.497 e. The monoisotopic (exact) mass is 456 g/mol. The molecule has 4 rings (SSSR count). The summed E-state index contributed by atoms with van der Waals surface area (Å²) in [6, 6.07) is 21.5. The van der Waals surface area contributed by atoms with Gasteiger partial charge in [-0.3, -0.25) is 0 Å². The van der Waals surface area contributed by atoms with Crippen LogP contribution in [0.1, 0.15) is 35.1 Å². The first-order chi connectivity index (χ1) is 16.6. The van der Waals surface area contributed by atoms with Gasteiger partial charge in [-0.2, -0.15) is 0 Å². The number of rotatable bonds is 11. The van der Waals surface area contributed by atoms with Crippen molar-refractivity contribution in [1.82, 2.24) is 10.6 Å². The average molecular weight is 457 g/mol. The maximum atomic E-state index is 5.53. The average Bonchev–Trinajstić information content (AvgIpc) is 2.86. The number of nitrogens with one attached hydrogen (secondary N) is 2. The van der Waals surface area contributed by atoms with Crippen molar-refractivity contribution >= 4 is 21.5 Å². The van der Waals surface area contributed by atoms with Crippen LogP contribution in [0.5, 0.6) is 11.5 Å². The molecule has 178 valence electrons. The van der Waals surface area contributed by atoms with Crippen molar-refractivity contribution in [1.29, 1.82) is 0 Å². The second kappa shape index (κ2) is 11.4. The second-order valence-corrected chi connectivity index (χ2v) is 8.97. The summed E-state index contributed by atoms with van der Waals surface area (Å²) in [7, 11) is 3.47. The highest BCUT2D eigenvalue weighted by Gasteiger charge is 2.08. The van der Waals surface area contributed by atoms with E-state index in [1.54, 1.807) is 14.2 Å². The zero-order chi connectivity index (χ0) is 23.9. The topological polar surface area (TPSA) is 42.5 Å². The smallest absolute Gasteiger partial charge is 0.119 e. The molecule has 4 nitrogen and oxygen atoms in total. The Morgan fingerprint density at radius 3 is 1.44 bits per heavy atom. The largest absolute Gasteiger partial charge is 0.497 e. The number of benzene rings is 4. The van der Waals surface area contributed by atoms with Gasteiger partial charge in [0.25, 0.3) is 0 Å². The van der Waals surface area contributed by atoms with Gasteiger partial charge in [0.2, 0.25) is 0 Å². The lowest BCUT2D eigenvalue weighted by molar-refractivity contribution is 0.414. The van der Waals surface area contributed by atoms with Gasteiger partial charge < -0.3 is 20.1 Å². The lowest BCUT2D eigenvalue weighted by Crippen LogP contribution is -2.19. The molecule has 0 aliphatic carbocycles. The van der Waals surface area contributed by atoms with Gasteiger partial charge in [0.1, 0.15) is 11.5 Å². The highest BCUT2D eigenvalue weighted by molar-refractivity contribution is 5.90. The molecule has 0 unspecified atom stereocenters. The lowest BCUT2D eigenvalue weighted by Gasteiger charge is -2.13. The van der Waals surface area contributed by atoms with Crippen molar-refractivity contribution in [3.63, 3.8) is 0 Å². The Kier molecular flexibility index (Phi) is 8.04. The second-order valence-electron chi connectivity index (χ2n) is 8.97. The van der Waals surface area contributed by atoms with Gasteiger partial charge in [-0.15, -0.1) is 0 Å². The standard InChI is InChI=1S/C30H36N2O2/c1-21-9-7-11-27-23(15-25(33-3)17-29(21)27)19-31-13-5-6-14-32-20-24-16-26(34-4)18-30-22(2)10-8-12-28(24)30/h7-12,15-18,31-32H,5-6,13-14,19-20H2,1-4H3. The third-order valence-corrected chi connectivity index (χ3v) is 6.61. The van der Waals surface area contributed by atoms with Gasteiger partial charge >= 0.3 is 0 Å². The van der Waals surface area contributed by atoms with E-state index in [0.717, 1.165) is 50.5 Å². The molecule has 0 atom stereocenters. The van der Waals surface area contributed by atoms with Gasteiger partial charge in [0, 0.05) is 13.1 Å². The van der Waals surface area contributed by atoms with Crippen LogP contribution in [0.2, 0.25) is 0 Å². The van der Waals surface area contributed by atoms with Crippen LogP contribution in [0.3, 0.4) is 0 Å². The zero-order valence-corrected chi connectivity index (χ0v) is 20.8. The van der Waals surface area contributed by atoms with E-state index in [1.165, 1.54) is 43.8 Å². The summed E-state index contributed by atoms with van der Waals surface area (Å²) >= 11 is 0. The molecular formula is C30H36N2O2. The van der Waals surface area contributed by atoms with Crippen LogP contribution in [0.4, 0.5) is 0 Å². The van der Waals surface area contributed by atoms with E-state index in [9.17, 15) is 0 Å². The minimum absolute atomic E-state index is 0.847. The van der Waals surface area contributed by atoms with E-state index < -0.39 is 0 Å². The molecule has 0 saturated heterocycles. The predicted molar refractivity (Wildman–Crippen MR) is 143 cm³/mol. The fourth-order valence-corrected chi connectivity index (χ4v) is 4.65. The Labute approximate surface area is 203 Å². The molecule has 0 amide bonds. The van der Waals surface area contributed by atoms with E-state index >= 15 is 0 Å². The maximum absolute atomic E-state index is 5.53. The van der Waals surface area contributed by atoms with E-state index in [4.69, 9.17) is 9.47 Å². The number of ether oxygens (including phenoxy) is 2. The van der Waals surface area contributed by atoms with Crippen molar-refractivity contribution in [2.75, 3.05) is 27.3 Å². The number of fused-ring (bicyclic) bond motifs is 2. The van der Waals surface area contributed by atoms with Gasteiger partial charge in [-0.25, -0.2) is 0 Å². The van der Waals surface area contributed by atoms with Crippen molar-refractivity contribution < 1.29 is 9.47 Å². The van der Waals surface area contributed by atoms with Crippen LogP contribution < -0.4 is 20.1 Å². The number of unbranched alkanes of at least 4 members (excludes halogenated alkanes) is 1. The highest BCUT2D eigenvalue weighted by atomic mass is 16.5. The molecule has 4 aromatic carbocycles. The fourth-order valence-electron chi connectivity index (χ4n) is 4.65. The quantitative estimate of drug-likeness (QED) is 0.260. The Morgan fingerprint density at radius 1 is 0.588 bits per heavy atom. The molecule has 0 aromatic heterocycles. The highest BCUT2D eigenvalue weighted by Crippen LogP contribution is 2.29. The van der Waals surface area contributed by atoms with E-state index in [1.807, 2.05) is 0 Å². The first-order valence-corrected chi connectivity index (χ1v) is 12.1. The van der Waals surface area contributed by atoms with Gasteiger partial charge in [0.05, 0.1) is 14.2 Å². The van der Waals surface area contributed by atoms with Crippen LogP contribution in [0.15, 0.2) is 60.7 Å². The summed E-state index contributed by atoms with van der Waals surface area (Å²) in [6.45, 7) is 7.99. The summed E-state index contributed by atoms with van der Waals surface area (Å²) in [4.78, 5) is 0. The minimum atomic E-state index is 0.847. The van der Waals surface area contributed by atoms with Crippen LogP contribution in [-0.2, 0) is 13.1 Å². The summed E-state index contributed by atoms with van der Waals surface area (Å²) in [5.74, 6) is 1.84. The first-order valence-electron chi connectivity index (χ1n) is 12.1. The molecule has 2 N–H and O–H groups in total. The molecule has 0 spiro atoms. The molecule has 34 heavy (non-hydrogen) atoms. The molecular weight excluding hydrogens is 420 g/mol. The van der Waals surface area contributed by atoms with Crippen LogP contribution in [0.25, 0.3) is 21.5 Å². The van der Waals surface area contributed by atoms with Crippen LogP contribution in [0, 0.1) is 13.8 Å². The molecule has 0 heterocycles. The predicted octanol–water partition coefficient (Wildman–Crippen LogP) is 6.29. The Hall–Kier alpha value is -3.08. The maximum Gasteiger partial charge on any atom is 0.119 e. The SMILES string of the molecule is COc1cc(CNCCCCNCc2cc(OC)cc3c(C)cccc23)c2cccc(C)c2c1. The molecule has 0 bridgehead atoms. The number of methoxy groups -OCH3 is 2. The van der Waals surface area contributed by atoms with Crippen LogP contribution >= 0.6 is 0 Å². The van der Waals surface area contributed by atoms with Gasteiger partial charge in [-0.1, -0.05) is 36.4 Å². The molecule has 4 aromatic rings. The van der Waals surface area contributed by atoms with Crippen molar-refractivity contribution in [2.24, 2.45) is 0 Å². The first kappa shape index (κ1) is 24.1. The molecule has 0 aliphatic heterocycles. The molecule has 0 fully saturated rings. The Morgan fingerprint density at radius 2 is 1.03 bits per heavy atom. The molecule has 0 saturated carbocycles. The van der Waals surface area contributed by atoms with Crippen molar-refractivity contribution in [2.45, 2.75) is 39.8 Å². The summed E-state index contributed by atoms with van der Waals surface area (Å²) in [5.41, 5.74) is 5.14. The van der Waals surface area contributed by atoms with Crippen molar-refractivity contribution in [3.8, 4) is 11.5 Å². The van der Waals surface area contributed by atoms with E-state index in [-0.39, 0.29) is 0 Å². The summed E-state index contributed by atoms with van der Waals surface area (Å²) in [6.07, 6.45) is 2.26. The molecule has 0 radical (unpaired) electrons. The van der Waals surface area contributed by atoms with Crippen LogP contribution in [-0.4, -0.2) is 27.3 Å². The number of hydrogen-bond donors (Lipinski definition) is 2. The zero-order valence-electron chi connectivity index (χ0n) is 20.8. The third-order valence-electron chi connectivity index (χ3n) is 6.61. The van der Waals surface area contributed by atoms with Gasteiger partial charge in [-0.05, 0) is 108 Å². The normalized spacial score (nSPS) is 11.3. The summed E-state index contributed by atoms with van der Waals surface area (Å²) < 4.78 is 11.1. The fraction of sp³-hybridized carbons (Fsp3) is 0.333.